The van der Waals surface area contributed by atoms with Gasteiger partial charge in [-0.05, 0) is 5.56 Å². The number of hydrogen-bond donors (Lipinski definition) is 1. The Morgan fingerprint density at radius 2 is 1.90 bits per heavy atom. The molecule has 1 atom stereocenters. The fraction of sp³-hybridized carbons (Fsp3) is 0.385. The fourth-order valence-corrected chi connectivity index (χ4v) is 3.47. The maximum atomic E-state index is 12.3. The first-order valence-corrected chi connectivity index (χ1v) is 7.56. The summed E-state index contributed by atoms with van der Waals surface area (Å²) in [5, 5.41) is 0. The second-order valence-electron chi connectivity index (χ2n) is 5.33. The molecule has 6 nitrogen and oxygen atoms in total. The normalized spacial score (nSPS) is 22.0. The zero-order chi connectivity index (χ0) is 15.0. The van der Waals surface area contributed by atoms with Crippen LogP contribution in [-0.4, -0.2) is 31.0 Å². The third kappa shape index (κ3) is 2.59. The lowest BCUT2D eigenvalue weighted by Gasteiger charge is -2.22. The van der Waals surface area contributed by atoms with Crippen molar-refractivity contribution in [1.29, 1.82) is 0 Å². The minimum absolute atomic E-state index is 0.0412. The number of amides is 1. The van der Waals surface area contributed by atoms with E-state index in [1.54, 1.807) is 30.3 Å². The van der Waals surface area contributed by atoms with Crippen molar-refractivity contribution in [3.8, 4) is 0 Å². The molecule has 2 rings (SSSR count). The molecule has 1 saturated heterocycles. The molecule has 108 valence electrons. The van der Waals surface area contributed by atoms with Crippen molar-refractivity contribution >= 4 is 22.4 Å². The molecule has 1 heterocycles. The van der Waals surface area contributed by atoms with Gasteiger partial charge >= 0.3 is 10.2 Å². The van der Waals surface area contributed by atoms with E-state index in [-0.39, 0.29) is 6.54 Å². The van der Waals surface area contributed by atoms with Crippen LogP contribution >= 0.6 is 0 Å². The van der Waals surface area contributed by atoms with Gasteiger partial charge in [-0.1, -0.05) is 44.2 Å². The van der Waals surface area contributed by atoms with Crippen molar-refractivity contribution in [1.82, 2.24) is 9.03 Å². The summed E-state index contributed by atoms with van der Waals surface area (Å²) in [7, 11) is -3.90. The van der Waals surface area contributed by atoms with E-state index < -0.39 is 27.6 Å². The summed E-state index contributed by atoms with van der Waals surface area (Å²) in [5.74, 6) is -0.606. The lowest BCUT2D eigenvalue weighted by molar-refractivity contribution is -0.132. The molecule has 0 saturated carbocycles. The molecule has 0 radical (unpaired) electrons. The highest BCUT2D eigenvalue weighted by molar-refractivity contribution is 7.88. The average Bonchev–Trinajstić information content (AvgIpc) is 2.64. The van der Waals surface area contributed by atoms with Gasteiger partial charge in [0, 0.05) is 5.41 Å². The molecule has 0 spiro atoms. The van der Waals surface area contributed by atoms with Gasteiger partial charge < -0.3 is 4.79 Å². The first-order chi connectivity index (χ1) is 9.28. The summed E-state index contributed by atoms with van der Waals surface area (Å²) in [4.78, 5) is 23.3. The predicted octanol–water partition coefficient (Wildman–Crippen LogP) is 0.457. The van der Waals surface area contributed by atoms with Crippen LogP contribution in [0.15, 0.2) is 30.3 Å². The second kappa shape index (κ2) is 4.99. The molecule has 1 aromatic carbocycles. The summed E-state index contributed by atoms with van der Waals surface area (Å²) in [5.41, 5.74) is -0.383. The summed E-state index contributed by atoms with van der Waals surface area (Å²) >= 11 is 0. The van der Waals surface area contributed by atoms with Crippen LogP contribution in [0.25, 0.3) is 0 Å². The molecule has 20 heavy (non-hydrogen) atoms. The Morgan fingerprint density at radius 3 is 2.45 bits per heavy atom. The number of aldehydes is 1. The van der Waals surface area contributed by atoms with Gasteiger partial charge in [-0.2, -0.15) is 13.1 Å². The zero-order valence-electron chi connectivity index (χ0n) is 11.2. The lowest BCUT2D eigenvalue weighted by Crippen LogP contribution is -2.44. The molecule has 0 bridgehead atoms. The van der Waals surface area contributed by atoms with E-state index in [1.165, 1.54) is 13.8 Å². The number of nitrogens with zero attached hydrogens (tertiary/aromatic N) is 1. The molecule has 1 aliphatic heterocycles. The SMILES string of the molecule is CC(C)(C=O)C1NS(=O)(=O)N(Cc2ccccc2)C1=O. The highest BCUT2D eigenvalue weighted by Crippen LogP contribution is 2.27. The third-order valence-electron chi connectivity index (χ3n) is 3.27. The third-order valence-corrected chi connectivity index (χ3v) is 4.69. The van der Waals surface area contributed by atoms with Crippen LogP contribution in [0.3, 0.4) is 0 Å². The lowest BCUT2D eigenvalue weighted by atomic mass is 9.86. The Balaban J connectivity index is 2.30. The Morgan fingerprint density at radius 1 is 1.30 bits per heavy atom. The van der Waals surface area contributed by atoms with Crippen molar-refractivity contribution in [2.24, 2.45) is 5.41 Å². The molecule has 0 aliphatic carbocycles. The van der Waals surface area contributed by atoms with E-state index in [4.69, 9.17) is 0 Å². The molecule has 1 fully saturated rings. The van der Waals surface area contributed by atoms with Gasteiger partial charge in [-0.15, -0.1) is 0 Å². The Labute approximate surface area is 118 Å². The van der Waals surface area contributed by atoms with Crippen LogP contribution in [0.5, 0.6) is 0 Å². The van der Waals surface area contributed by atoms with Gasteiger partial charge in [0.2, 0.25) is 0 Å². The van der Waals surface area contributed by atoms with Crippen LogP contribution < -0.4 is 4.72 Å². The van der Waals surface area contributed by atoms with Crippen LogP contribution in [0.1, 0.15) is 19.4 Å². The summed E-state index contributed by atoms with van der Waals surface area (Å²) in [6, 6.07) is 7.75. The Kier molecular flexibility index (Phi) is 3.66. The quantitative estimate of drug-likeness (QED) is 0.818. The van der Waals surface area contributed by atoms with Crippen molar-refractivity contribution in [3.63, 3.8) is 0 Å². The summed E-state index contributed by atoms with van der Waals surface area (Å²) in [6.07, 6.45) is 0.587. The minimum atomic E-state index is -3.90. The van der Waals surface area contributed by atoms with Gasteiger partial charge in [-0.3, -0.25) is 4.79 Å². The zero-order valence-corrected chi connectivity index (χ0v) is 12.1. The van der Waals surface area contributed by atoms with E-state index in [1.807, 2.05) is 0 Å². The molecular formula is C13H16N2O4S. The first-order valence-electron chi connectivity index (χ1n) is 6.12. The highest BCUT2D eigenvalue weighted by Gasteiger charge is 2.49. The fourth-order valence-electron chi connectivity index (χ4n) is 1.98. The molecule has 1 aromatic rings. The first kappa shape index (κ1) is 14.7. The molecule has 7 heteroatoms. The summed E-state index contributed by atoms with van der Waals surface area (Å²) < 4.78 is 27.1. The van der Waals surface area contributed by atoms with Gasteiger partial charge in [0.1, 0.15) is 12.3 Å². The highest BCUT2D eigenvalue weighted by atomic mass is 32.2. The van der Waals surface area contributed by atoms with E-state index in [9.17, 15) is 18.0 Å². The number of carbonyl (C=O) groups excluding carboxylic acids is 2. The van der Waals surface area contributed by atoms with Gasteiger partial charge in [0.15, 0.2) is 0 Å². The summed E-state index contributed by atoms with van der Waals surface area (Å²) in [6.45, 7) is 3.01. The smallest absolute Gasteiger partial charge is 0.303 e. The Bertz CT molecular complexity index is 625. The van der Waals surface area contributed by atoms with Gasteiger partial charge in [0.05, 0.1) is 6.54 Å². The molecule has 1 amide bonds. The standard InChI is InChI=1S/C13H16N2O4S/c1-13(2,9-16)11-12(17)15(20(18,19)14-11)8-10-6-4-3-5-7-10/h3-7,9,11,14H,8H2,1-2H3. The monoisotopic (exact) mass is 296 g/mol. The molecular weight excluding hydrogens is 280 g/mol. The number of nitrogens with one attached hydrogen (secondary N) is 1. The second-order valence-corrected chi connectivity index (χ2v) is 6.95. The number of carbonyl (C=O) groups is 2. The average molecular weight is 296 g/mol. The van der Waals surface area contributed by atoms with E-state index >= 15 is 0 Å². The minimum Gasteiger partial charge on any atom is -0.303 e. The molecule has 1 aliphatic rings. The number of hydrogen-bond acceptors (Lipinski definition) is 4. The maximum absolute atomic E-state index is 12.3. The van der Waals surface area contributed by atoms with E-state index in [0.717, 1.165) is 4.31 Å². The van der Waals surface area contributed by atoms with Crippen LogP contribution in [-0.2, 0) is 26.3 Å². The van der Waals surface area contributed by atoms with E-state index in [2.05, 4.69) is 4.72 Å². The van der Waals surface area contributed by atoms with E-state index in [0.29, 0.717) is 11.8 Å². The van der Waals surface area contributed by atoms with Crippen molar-refractivity contribution in [2.45, 2.75) is 26.4 Å². The van der Waals surface area contributed by atoms with Gasteiger partial charge in [-0.25, -0.2) is 4.31 Å². The van der Waals surface area contributed by atoms with Crippen LogP contribution in [0.2, 0.25) is 0 Å². The largest absolute Gasteiger partial charge is 0.304 e. The predicted molar refractivity (Wildman–Crippen MR) is 72.7 cm³/mol. The van der Waals surface area contributed by atoms with Crippen LogP contribution in [0.4, 0.5) is 0 Å². The maximum Gasteiger partial charge on any atom is 0.304 e. The van der Waals surface area contributed by atoms with Gasteiger partial charge in [0.25, 0.3) is 5.91 Å². The topological polar surface area (TPSA) is 83.6 Å². The molecule has 0 aromatic heterocycles. The Hall–Kier alpha value is -1.73. The number of rotatable bonds is 4. The number of benzene rings is 1. The van der Waals surface area contributed by atoms with Crippen molar-refractivity contribution in [3.05, 3.63) is 35.9 Å². The van der Waals surface area contributed by atoms with Crippen molar-refractivity contribution in [2.75, 3.05) is 0 Å². The molecule has 1 unspecified atom stereocenters. The van der Waals surface area contributed by atoms with Crippen molar-refractivity contribution < 1.29 is 18.0 Å². The van der Waals surface area contributed by atoms with Crippen LogP contribution in [0, 0.1) is 5.41 Å². The molecule has 1 N–H and O–H groups in total.